The van der Waals surface area contributed by atoms with Crippen LogP contribution in [0.1, 0.15) is 23.7 Å². The van der Waals surface area contributed by atoms with E-state index in [1.54, 1.807) is 46.2 Å². The number of nitrogens with zero attached hydrogens (tertiary/aromatic N) is 3. The molecule has 1 fully saturated rings. The number of ether oxygens (including phenoxy) is 1. The van der Waals surface area contributed by atoms with Crippen LogP contribution in [-0.2, 0) is 14.8 Å². The van der Waals surface area contributed by atoms with Crippen LogP contribution in [0.25, 0.3) is 22.2 Å². The largest absolute Gasteiger partial charge is 0.449 e. The van der Waals surface area contributed by atoms with Crippen LogP contribution in [-0.4, -0.2) is 68.0 Å². The number of benzene rings is 2. The van der Waals surface area contributed by atoms with Crippen molar-refractivity contribution in [1.29, 1.82) is 0 Å². The Bertz CT molecular complexity index is 1390. The molecule has 0 spiro atoms. The van der Waals surface area contributed by atoms with Gasteiger partial charge in [-0.25, -0.2) is 23.3 Å². The normalized spacial score (nSPS) is 14.3. The maximum atomic E-state index is 13.1. The molecule has 2 amide bonds. The van der Waals surface area contributed by atoms with E-state index in [0.717, 1.165) is 6.42 Å². The summed E-state index contributed by atoms with van der Waals surface area (Å²) in [6, 6.07) is 12.9. The third-order valence-electron chi connectivity index (χ3n) is 5.72. The Labute approximate surface area is 208 Å². The van der Waals surface area contributed by atoms with Crippen LogP contribution in [0.5, 0.6) is 0 Å². The summed E-state index contributed by atoms with van der Waals surface area (Å²) in [7, 11) is -3.87. The summed E-state index contributed by atoms with van der Waals surface area (Å²) in [4.78, 5) is 33.1. The predicted molar refractivity (Wildman–Crippen MR) is 133 cm³/mol. The van der Waals surface area contributed by atoms with Crippen LogP contribution in [0.2, 0.25) is 5.02 Å². The summed E-state index contributed by atoms with van der Waals surface area (Å²) in [6.07, 6.45) is 0.395. The number of pyridine rings is 1. The molecule has 1 aliphatic rings. The van der Waals surface area contributed by atoms with Crippen molar-refractivity contribution in [2.45, 2.75) is 18.2 Å². The first-order valence-electron chi connectivity index (χ1n) is 11.1. The molecule has 3 aromatic rings. The molecule has 2 N–H and O–H groups in total. The Balaban J connectivity index is 1.57. The van der Waals surface area contributed by atoms with E-state index in [4.69, 9.17) is 21.5 Å². The lowest BCUT2D eigenvalue weighted by atomic mass is 10.1. The first-order valence-corrected chi connectivity index (χ1v) is 13.0. The van der Waals surface area contributed by atoms with Crippen LogP contribution in [0.3, 0.4) is 0 Å². The number of piperazine rings is 1. The minimum atomic E-state index is -3.87. The third kappa shape index (κ3) is 5.55. The summed E-state index contributed by atoms with van der Waals surface area (Å²) in [5.74, 6) is -0.173. The average Bonchev–Trinajstić information content (AvgIpc) is 2.86. The average molecular weight is 517 g/mol. The zero-order valence-corrected chi connectivity index (χ0v) is 20.7. The van der Waals surface area contributed by atoms with Gasteiger partial charge in [0.2, 0.25) is 10.0 Å². The van der Waals surface area contributed by atoms with E-state index in [9.17, 15) is 18.0 Å². The fraction of sp³-hybridized carbons (Fsp3) is 0.292. The van der Waals surface area contributed by atoms with Crippen LogP contribution < -0.4 is 5.14 Å². The van der Waals surface area contributed by atoms with Gasteiger partial charge in [-0.2, -0.15) is 0 Å². The number of carbonyl (C=O) groups is 2. The van der Waals surface area contributed by atoms with Gasteiger partial charge in [0, 0.05) is 42.7 Å². The SMILES string of the molecule is CCCOC(=O)N1CCN(C(=O)c2ccc3c(Cl)cc(-c4cccc(S(N)(=O)=O)c4)nc3c2)CC1. The van der Waals surface area contributed by atoms with Gasteiger partial charge in [0.05, 0.1) is 27.7 Å². The fourth-order valence-corrected chi connectivity index (χ4v) is 4.68. The molecule has 0 atom stereocenters. The second-order valence-electron chi connectivity index (χ2n) is 8.19. The monoisotopic (exact) mass is 516 g/mol. The van der Waals surface area contributed by atoms with Gasteiger partial charge in [-0.05, 0) is 36.8 Å². The molecule has 9 nitrogen and oxygen atoms in total. The van der Waals surface area contributed by atoms with Crippen molar-refractivity contribution in [3.63, 3.8) is 0 Å². The highest BCUT2D eigenvalue weighted by atomic mass is 35.5. The Hall–Kier alpha value is -3.21. The predicted octanol–water partition coefficient (Wildman–Crippen LogP) is 3.51. The number of rotatable bonds is 5. The van der Waals surface area contributed by atoms with E-state index >= 15 is 0 Å². The molecule has 35 heavy (non-hydrogen) atoms. The summed E-state index contributed by atoms with van der Waals surface area (Å²) in [5.41, 5.74) is 1.93. The minimum absolute atomic E-state index is 0.0327. The Kier molecular flexibility index (Phi) is 7.25. The lowest BCUT2D eigenvalue weighted by Crippen LogP contribution is -2.50. The Morgan fingerprint density at radius 1 is 1.06 bits per heavy atom. The van der Waals surface area contributed by atoms with Gasteiger partial charge in [-0.1, -0.05) is 36.7 Å². The Morgan fingerprint density at radius 3 is 2.46 bits per heavy atom. The molecule has 0 unspecified atom stereocenters. The number of carbonyl (C=O) groups excluding carboxylic acids is 2. The summed E-state index contributed by atoms with van der Waals surface area (Å²) in [5, 5.41) is 6.34. The molecule has 4 rings (SSSR count). The number of hydrogen-bond donors (Lipinski definition) is 1. The molecule has 1 aliphatic heterocycles. The topological polar surface area (TPSA) is 123 Å². The van der Waals surface area contributed by atoms with Crippen LogP contribution in [0.15, 0.2) is 53.4 Å². The number of nitrogens with two attached hydrogens (primary N) is 1. The number of halogens is 1. The zero-order valence-electron chi connectivity index (χ0n) is 19.1. The number of primary sulfonamides is 1. The fourth-order valence-electron chi connectivity index (χ4n) is 3.85. The van der Waals surface area contributed by atoms with Gasteiger partial charge in [0.15, 0.2) is 0 Å². The van der Waals surface area contributed by atoms with Crippen molar-refractivity contribution in [1.82, 2.24) is 14.8 Å². The second kappa shape index (κ2) is 10.2. The summed E-state index contributed by atoms with van der Waals surface area (Å²) < 4.78 is 28.6. The molecular formula is C24H25ClN4O5S. The van der Waals surface area contributed by atoms with Gasteiger partial charge in [0.25, 0.3) is 5.91 Å². The summed E-state index contributed by atoms with van der Waals surface area (Å²) >= 11 is 6.48. The molecule has 184 valence electrons. The van der Waals surface area contributed by atoms with Gasteiger partial charge >= 0.3 is 6.09 Å². The van der Waals surface area contributed by atoms with Gasteiger partial charge in [-0.15, -0.1) is 0 Å². The maximum absolute atomic E-state index is 13.1. The standard InChI is InChI=1S/C24H25ClN4O5S/c1-2-12-34-24(31)29-10-8-28(9-11-29)23(30)17-6-7-19-20(25)15-21(27-22(19)14-17)16-4-3-5-18(13-16)35(26,32)33/h3-7,13-15H,2,8-12H2,1H3,(H2,26,32,33). The lowest BCUT2D eigenvalue weighted by Gasteiger charge is -2.34. The first-order chi connectivity index (χ1) is 16.7. The van der Waals surface area contributed by atoms with E-state index in [2.05, 4.69) is 4.98 Å². The van der Waals surface area contributed by atoms with Crippen LogP contribution in [0, 0.1) is 0 Å². The van der Waals surface area contributed by atoms with Crippen molar-refractivity contribution in [3.05, 3.63) is 59.1 Å². The van der Waals surface area contributed by atoms with Crippen LogP contribution in [0.4, 0.5) is 4.79 Å². The Morgan fingerprint density at radius 2 is 1.77 bits per heavy atom. The third-order valence-corrected chi connectivity index (χ3v) is 6.94. The van der Waals surface area contributed by atoms with Gasteiger partial charge in [-0.3, -0.25) is 4.79 Å². The highest BCUT2D eigenvalue weighted by Gasteiger charge is 2.26. The van der Waals surface area contributed by atoms with Crippen molar-refractivity contribution >= 4 is 44.5 Å². The number of aromatic nitrogens is 1. The number of hydrogen-bond acceptors (Lipinski definition) is 6. The van der Waals surface area contributed by atoms with Gasteiger partial charge in [0.1, 0.15) is 0 Å². The van der Waals surface area contributed by atoms with Gasteiger partial charge < -0.3 is 14.5 Å². The lowest BCUT2D eigenvalue weighted by molar-refractivity contribution is 0.0560. The molecule has 0 radical (unpaired) electrons. The quantitative estimate of drug-likeness (QED) is 0.553. The van der Waals surface area contributed by atoms with E-state index in [1.807, 2.05) is 6.92 Å². The van der Waals surface area contributed by atoms with E-state index in [-0.39, 0.29) is 16.9 Å². The molecule has 1 saturated heterocycles. The highest BCUT2D eigenvalue weighted by molar-refractivity contribution is 7.89. The molecule has 0 saturated carbocycles. The van der Waals surface area contributed by atoms with E-state index in [0.29, 0.717) is 65.5 Å². The van der Waals surface area contributed by atoms with Crippen molar-refractivity contribution < 1.29 is 22.7 Å². The highest BCUT2D eigenvalue weighted by Crippen LogP contribution is 2.30. The molecule has 2 heterocycles. The molecule has 0 bridgehead atoms. The minimum Gasteiger partial charge on any atom is -0.449 e. The molecule has 2 aromatic carbocycles. The molecule has 1 aromatic heterocycles. The molecule has 11 heteroatoms. The molecule has 0 aliphatic carbocycles. The number of fused-ring (bicyclic) bond motifs is 1. The van der Waals surface area contributed by atoms with E-state index < -0.39 is 10.0 Å². The van der Waals surface area contributed by atoms with Crippen molar-refractivity contribution in [2.75, 3.05) is 32.8 Å². The zero-order chi connectivity index (χ0) is 25.2. The summed E-state index contributed by atoms with van der Waals surface area (Å²) in [6.45, 7) is 3.89. The number of amides is 2. The second-order valence-corrected chi connectivity index (χ2v) is 10.2. The van der Waals surface area contributed by atoms with Crippen molar-refractivity contribution in [3.8, 4) is 11.3 Å². The van der Waals surface area contributed by atoms with Crippen LogP contribution >= 0.6 is 11.6 Å². The molecular weight excluding hydrogens is 492 g/mol. The smallest absolute Gasteiger partial charge is 0.409 e. The van der Waals surface area contributed by atoms with E-state index in [1.165, 1.54) is 12.1 Å². The number of sulfonamides is 1. The van der Waals surface area contributed by atoms with Crippen molar-refractivity contribution in [2.24, 2.45) is 5.14 Å². The maximum Gasteiger partial charge on any atom is 0.409 e. The first kappa shape index (κ1) is 24.9.